The number of likely N-dealkylation sites (N-methyl/N-ethyl adjacent to an activating group) is 1. The molecule has 3 N–H and O–H groups in total. The van der Waals surface area contributed by atoms with Crippen LogP contribution in [0.5, 0.6) is 5.75 Å². The number of aromatic nitrogens is 2. The number of nitrogens with zero attached hydrogens (tertiary/aromatic N) is 2. The van der Waals surface area contributed by atoms with Crippen LogP contribution in [0.4, 0.5) is 10.2 Å². The van der Waals surface area contributed by atoms with Crippen LogP contribution in [0.3, 0.4) is 0 Å². The van der Waals surface area contributed by atoms with Crippen LogP contribution in [-0.4, -0.2) is 54.2 Å². The van der Waals surface area contributed by atoms with Gasteiger partial charge in [-0.25, -0.2) is 4.39 Å². The number of hydrogen-bond donors (Lipinski definition) is 3. The van der Waals surface area contributed by atoms with Crippen molar-refractivity contribution in [2.75, 3.05) is 32.6 Å². The number of carbonyl (C=O) groups excluding carboxylic acids is 2. The zero-order valence-corrected chi connectivity index (χ0v) is 21.3. The van der Waals surface area contributed by atoms with Crippen molar-refractivity contribution in [3.63, 3.8) is 0 Å². The summed E-state index contributed by atoms with van der Waals surface area (Å²) in [5, 5.41) is 13.3. The number of hydrogen-bond acceptors (Lipinski definition) is 6. The molecule has 4 rings (SSSR count). The van der Waals surface area contributed by atoms with Crippen molar-refractivity contribution < 1.29 is 18.7 Å². The highest BCUT2D eigenvalue weighted by Crippen LogP contribution is 2.31. The first-order valence-corrected chi connectivity index (χ1v) is 12.2. The monoisotopic (exact) mass is 509 g/mol. The van der Waals surface area contributed by atoms with E-state index in [4.69, 9.17) is 4.74 Å². The third-order valence-electron chi connectivity index (χ3n) is 5.61. The van der Waals surface area contributed by atoms with Crippen LogP contribution in [-0.2, 0) is 5.54 Å². The summed E-state index contributed by atoms with van der Waals surface area (Å²) in [5.41, 5.74) is -0.0762. The highest BCUT2D eigenvalue weighted by molar-refractivity contribution is 7.20. The van der Waals surface area contributed by atoms with E-state index in [2.05, 4.69) is 20.8 Å². The number of anilines is 1. The Morgan fingerprint density at radius 3 is 2.53 bits per heavy atom. The maximum absolute atomic E-state index is 14.3. The molecule has 2 aromatic heterocycles. The van der Waals surface area contributed by atoms with Crippen molar-refractivity contribution in [1.29, 1.82) is 0 Å². The lowest BCUT2D eigenvalue weighted by molar-refractivity contribution is 0.0914. The predicted octanol–water partition coefficient (Wildman–Crippen LogP) is 4.62. The molecule has 0 fully saturated rings. The number of ether oxygens (including phenoxy) is 1. The van der Waals surface area contributed by atoms with E-state index in [0.717, 1.165) is 6.54 Å². The van der Waals surface area contributed by atoms with Gasteiger partial charge >= 0.3 is 0 Å². The SMILES string of the molecule is CN(C)CCOc1ccc(C(=O)Nc2n[nH]c3sc(C(=O)NC(C)(C)c4ccccc4F)cc23)cc1. The Morgan fingerprint density at radius 2 is 1.83 bits per heavy atom. The number of amides is 2. The summed E-state index contributed by atoms with van der Waals surface area (Å²) >= 11 is 1.21. The number of benzene rings is 2. The number of fused-ring (bicyclic) bond motifs is 1. The van der Waals surface area contributed by atoms with Crippen molar-refractivity contribution >= 4 is 39.2 Å². The number of thiophene rings is 1. The van der Waals surface area contributed by atoms with Crippen molar-refractivity contribution in [3.05, 3.63) is 76.4 Å². The fourth-order valence-corrected chi connectivity index (χ4v) is 4.53. The van der Waals surface area contributed by atoms with Gasteiger partial charge in [0.15, 0.2) is 5.82 Å². The molecule has 188 valence electrons. The topological polar surface area (TPSA) is 99.3 Å². The Balaban J connectivity index is 1.44. The lowest BCUT2D eigenvalue weighted by atomic mass is 9.93. The highest BCUT2D eigenvalue weighted by atomic mass is 32.1. The van der Waals surface area contributed by atoms with Crippen LogP contribution < -0.4 is 15.4 Å². The lowest BCUT2D eigenvalue weighted by Gasteiger charge is -2.27. The average Bonchev–Trinajstić information content (AvgIpc) is 3.41. The second-order valence-electron chi connectivity index (χ2n) is 9.11. The third-order valence-corrected chi connectivity index (χ3v) is 6.65. The van der Waals surface area contributed by atoms with Crippen molar-refractivity contribution in [1.82, 2.24) is 20.4 Å². The van der Waals surface area contributed by atoms with E-state index in [1.165, 1.54) is 17.4 Å². The van der Waals surface area contributed by atoms with Crippen LogP contribution in [0.2, 0.25) is 0 Å². The molecule has 10 heteroatoms. The van der Waals surface area contributed by atoms with Gasteiger partial charge in [0.2, 0.25) is 0 Å². The Bertz CT molecular complexity index is 1380. The summed E-state index contributed by atoms with van der Waals surface area (Å²) in [6, 6.07) is 14.9. The number of rotatable bonds is 9. The van der Waals surface area contributed by atoms with Gasteiger partial charge in [0.05, 0.1) is 15.8 Å². The van der Waals surface area contributed by atoms with E-state index in [-0.39, 0.29) is 17.6 Å². The molecule has 2 aromatic carbocycles. The van der Waals surface area contributed by atoms with Gasteiger partial charge in [-0.15, -0.1) is 11.3 Å². The smallest absolute Gasteiger partial charge is 0.262 e. The molecule has 0 bridgehead atoms. The maximum Gasteiger partial charge on any atom is 0.262 e. The second kappa shape index (κ2) is 10.5. The summed E-state index contributed by atoms with van der Waals surface area (Å²) in [7, 11) is 3.94. The Morgan fingerprint density at radius 1 is 1.11 bits per heavy atom. The minimum atomic E-state index is -0.919. The molecule has 2 heterocycles. The quantitative estimate of drug-likeness (QED) is 0.306. The van der Waals surface area contributed by atoms with Gasteiger partial charge in [0, 0.05) is 17.7 Å². The van der Waals surface area contributed by atoms with Gasteiger partial charge in [-0.05, 0) is 64.3 Å². The Hall–Kier alpha value is -3.76. The number of H-pyrrole nitrogens is 1. The van der Waals surface area contributed by atoms with Crippen LogP contribution in [0.15, 0.2) is 54.6 Å². The molecule has 0 unspecified atom stereocenters. The average molecular weight is 510 g/mol. The normalized spacial score (nSPS) is 11.6. The molecule has 8 nitrogen and oxygen atoms in total. The largest absolute Gasteiger partial charge is 0.492 e. The van der Waals surface area contributed by atoms with Gasteiger partial charge < -0.3 is 20.3 Å². The van der Waals surface area contributed by atoms with Gasteiger partial charge in [-0.1, -0.05) is 18.2 Å². The Kier molecular flexibility index (Phi) is 7.37. The van der Waals surface area contributed by atoms with Crippen molar-refractivity contribution in [2.45, 2.75) is 19.4 Å². The fourth-order valence-electron chi connectivity index (χ4n) is 3.63. The summed E-state index contributed by atoms with van der Waals surface area (Å²) in [6.45, 7) is 4.83. The van der Waals surface area contributed by atoms with Crippen LogP contribution >= 0.6 is 11.3 Å². The van der Waals surface area contributed by atoms with E-state index in [9.17, 15) is 14.0 Å². The number of carbonyl (C=O) groups is 2. The molecule has 0 atom stereocenters. The molecule has 0 spiro atoms. The van der Waals surface area contributed by atoms with E-state index in [1.807, 2.05) is 19.0 Å². The van der Waals surface area contributed by atoms with E-state index in [1.54, 1.807) is 62.4 Å². The maximum atomic E-state index is 14.3. The number of aromatic amines is 1. The second-order valence-corrected chi connectivity index (χ2v) is 10.2. The number of halogens is 1. The van der Waals surface area contributed by atoms with Crippen molar-refractivity contribution in [3.8, 4) is 5.75 Å². The summed E-state index contributed by atoms with van der Waals surface area (Å²) in [4.78, 5) is 28.8. The van der Waals surface area contributed by atoms with Crippen LogP contribution in [0.1, 0.15) is 39.4 Å². The summed E-state index contributed by atoms with van der Waals surface area (Å²) < 4.78 is 19.9. The summed E-state index contributed by atoms with van der Waals surface area (Å²) in [6.07, 6.45) is 0. The number of nitrogens with one attached hydrogen (secondary N) is 3. The molecule has 0 saturated heterocycles. The standard InChI is InChI=1S/C26H28FN5O3S/c1-26(2,19-7-5-6-8-20(19)27)29-24(34)21-15-18-22(30-31-25(18)36-21)28-23(33)16-9-11-17(12-10-16)35-14-13-32(3)4/h5-12,15H,13-14H2,1-4H3,(H,29,34)(H2,28,30,31,33). The summed E-state index contributed by atoms with van der Waals surface area (Å²) in [5.74, 6) is -0.0584. The first-order chi connectivity index (χ1) is 17.1. The molecular formula is C26H28FN5O3S. The molecule has 0 aliphatic heterocycles. The molecule has 0 saturated carbocycles. The molecule has 0 radical (unpaired) electrons. The lowest BCUT2D eigenvalue weighted by Crippen LogP contribution is -2.41. The predicted molar refractivity (Wildman–Crippen MR) is 139 cm³/mol. The van der Waals surface area contributed by atoms with Gasteiger partial charge in [0.1, 0.15) is 23.0 Å². The van der Waals surface area contributed by atoms with Crippen molar-refractivity contribution in [2.24, 2.45) is 0 Å². The highest BCUT2D eigenvalue weighted by Gasteiger charge is 2.27. The van der Waals surface area contributed by atoms with E-state index in [0.29, 0.717) is 44.4 Å². The molecule has 0 aliphatic rings. The minimum Gasteiger partial charge on any atom is -0.492 e. The molecule has 2 amide bonds. The van der Waals surface area contributed by atoms with Gasteiger partial charge in [-0.3, -0.25) is 14.7 Å². The molecule has 36 heavy (non-hydrogen) atoms. The fraction of sp³-hybridized carbons (Fsp3) is 0.269. The molecule has 0 aliphatic carbocycles. The van der Waals surface area contributed by atoms with E-state index < -0.39 is 5.54 Å². The van der Waals surface area contributed by atoms with Crippen LogP contribution in [0.25, 0.3) is 10.2 Å². The zero-order valence-electron chi connectivity index (χ0n) is 20.5. The molecule has 4 aromatic rings. The van der Waals surface area contributed by atoms with Gasteiger partial charge in [-0.2, -0.15) is 5.10 Å². The van der Waals surface area contributed by atoms with E-state index >= 15 is 0 Å². The zero-order chi connectivity index (χ0) is 25.9. The third kappa shape index (κ3) is 5.72. The first-order valence-electron chi connectivity index (χ1n) is 11.4. The minimum absolute atomic E-state index is 0.324. The van der Waals surface area contributed by atoms with Gasteiger partial charge in [0.25, 0.3) is 11.8 Å². The Labute approximate surface area is 212 Å². The first kappa shape index (κ1) is 25.3. The molecular weight excluding hydrogens is 481 g/mol. The van der Waals surface area contributed by atoms with Crippen LogP contribution in [0, 0.1) is 5.82 Å².